The molecule has 0 heterocycles. The Morgan fingerprint density at radius 1 is 1.37 bits per heavy atom. The molecule has 0 saturated heterocycles. The molecule has 1 rings (SSSR count). The van der Waals surface area contributed by atoms with E-state index in [1.54, 1.807) is 6.26 Å². The molecule has 3 atom stereocenters. The molecule has 4 nitrogen and oxygen atoms in total. The summed E-state index contributed by atoms with van der Waals surface area (Å²) >= 11 is 0. The molecule has 1 amide bonds. The first-order chi connectivity index (χ1) is 8.90. The van der Waals surface area contributed by atoms with Gasteiger partial charge in [0.25, 0.3) is 0 Å². The third-order valence-corrected chi connectivity index (χ3v) is 3.76. The Bertz CT molecular complexity index is 445. The van der Waals surface area contributed by atoms with Crippen LogP contribution in [-0.4, -0.2) is 28.2 Å². The van der Waals surface area contributed by atoms with Gasteiger partial charge in [-0.25, -0.2) is 0 Å². The maximum Gasteiger partial charge on any atom is 0.241 e. The van der Waals surface area contributed by atoms with Crippen molar-refractivity contribution in [1.82, 2.24) is 5.32 Å². The van der Waals surface area contributed by atoms with Gasteiger partial charge in [0.1, 0.15) is 6.04 Å². The number of nitrogens with two attached hydrogens (primary N) is 1. The summed E-state index contributed by atoms with van der Waals surface area (Å²) in [4.78, 5) is 12.0. The van der Waals surface area contributed by atoms with E-state index in [0.717, 1.165) is 11.1 Å². The maximum atomic E-state index is 12.0. The fourth-order valence-corrected chi connectivity index (χ4v) is 2.36. The Morgan fingerprint density at radius 3 is 2.47 bits per heavy atom. The summed E-state index contributed by atoms with van der Waals surface area (Å²) in [6.45, 7) is 3.88. The fourth-order valence-electron chi connectivity index (χ4n) is 1.67. The Morgan fingerprint density at radius 2 is 1.95 bits per heavy atom. The summed E-state index contributed by atoms with van der Waals surface area (Å²) in [7, 11) is -0.833. The van der Waals surface area contributed by atoms with Crippen molar-refractivity contribution in [2.75, 3.05) is 12.0 Å². The van der Waals surface area contributed by atoms with Crippen LogP contribution < -0.4 is 11.1 Å². The second-order valence-electron chi connectivity index (χ2n) is 4.86. The van der Waals surface area contributed by atoms with Crippen LogP contribution in [0.15, 0.2) is 24.3 Å². The second-order valence-corrected chi connectivity index (χ2v) is 6.42. The highest BCUT2D eigenvalue weighted by Gasteiger charge is 2.17. The number of nitrogens with one attached hydrogen (secondary N) is 1. The summed E-state index contributed by atoms with van der Waals surface area (Å²) in [5.41, 5.74) is 7.86. The molecule has 0 aliphatic heterocycles. The lowest BCUT2D eigenvalue weighted by molar-refractivity contribution is -0.123. The highest BCUT2D eigenvalue weighted by Crippen LogP contribution is 2.12. The third kappa shape index (κ3) is 5.53. The van der Waals surface area contributed by atoms with Crippen molar-refractivity contribution in [2.45, 2.75) is 32.4 Å². The van der Waals surface area contributed by atoms with Gasteiger partial charge < -0.3 is 11.1 Å². The molecular formula is C14H22N2O2S. The fraction of sp³-hybridized carbons (Fsp3) is 0.500. The quantitative estimate of drug-likeness (QED) is 0.825. The summed E-state index contributed by atoms with van der Waals surface area (Å²) in [6.07, 6.45) is 2.35. The summed E-state index contributed by atoms with van der Waals surface area (Å²) in [6, 6.07) is 6.93. The van der Waals surface area contributed by atoms with E-state index < -0.39 is 16.8 Å². The molecule has 0 bridgehead atoms. The lowest BCUT2D eigenvalue weighted by Gasteiger charge is -2.17. The van der Waals surface area contributed by atoms with Crippen molar-refractivity contribution in [3.05, 3.63) is 35.4 Å². The molecular weight excluding hydrogens is 260 g/mol. The summed E-state index contributed by atoms with van der Waals surface area (Å²) in [5.74, 6) is 0.388. The van der Waals surface area contributed by atoms with Crippen LogP contribution in [0.5, 0.6) is 0 Å². The number of hydrogen-bond donors (Lipinski definition) is 2. The standard InChI is InChI=1S/C14H22N2O2S/c1-10-4-6-12(7-5-10)13(15)14(17)16-11(2)8-9-19(3)18/h4-7,11,13H,8-9,15H2,1-3H3,(H,16,17). The Kier molecular flexibility index (Phi) is 6.18. The van der Waals surface area contributed by atoms with E-state index in [1.807, 2.05) is 38.1 Å². The monoisotopic (exact) mass is 282 g/mol. The zero-order chi connectivity index (χ0) is 14.4. The van der Waals surface area contributed by atoms with Gasteiger partial charge in [-0.05, 0) is 25.8 Å². The second kappa shape index (κ2) is 7.40. The molecule has 0 fully saturated rings. The maximum absolute atomic E-state index is 12.0. The molecule has 0 aliphatic carbocycles. The lowest BCUT2D eigenvalue weighted by atomic mass is 10.0. The molecule has 19 heavy (non-hydrogen) atoms. The van der Waals surface area contributed by atoms with Crippen molar-refractivity contribution in [3.8, 4) is 0 Å². The molecule has 106 valence electrons. The molecule has 5 heteroatoms. The molecule has 0 radical (unpaired) electrons. The van der Waals surface area contributed by atoms with Crippen molar-refractivity contribution in [3.63, 3.8) is 0 Å². The van der Waals surface area contributed by atoms with Gasteiger partial charge in [-0.1, -0.05) is 29.8 Å². The van der Waals surface area contributed by atoms with Gasteiger partial charge in [-0.15, -0.1) is 0 Å². The molecule has 3 N–H and O–H groups in total. The average Bonchev–Trinajstić information content (AvgIpc) is 2.36. The first-order valence-corrected chi connectivity index (χ1v) is 8.05. The van der Waals surface area contributed by atoms with Crippen molar-refractivity contribution >= 4 is 16.7 Å². The molecule has 0 aliphatic rings. The van der Waals surface area contributed by atoms with E-state index >= 15 is 0 Å². The Hall–Kier alpha value is -1.20. The predicted molar refractivity (Wildman–Crippen MR) is 79.3 cm³/mol. The van der Waals surface area contributed by atoms with E-state index in [2.05, 4.69) is 5.32 Å². The molecule has 3 unspecified atom stereocenters. The highest BCUT2D eigenvalue weighted by molar-refractivity contribution is 7.84. The SMILES string of the molecule is Cc1ccc(C(N)C(=O)NC(C)CCS(C)=O)cc1. The first kappa shape index (κ1) is 15.9. The Balaban J connectivity index is 2.52. The lowest BCUT2D eigenvalue weighted by Crippen LogP contribution is -2.39. The van der Waals surface area contributed by atoms with Crippen LogP contribution in [-0.2, 0) is 15.6 Å². The smallest absolute Gasteiger partial charge is 0.241 e. The van der Waals surface area contributed by atoms with E-state index in [1.165, 1.54) is 0 Å². The number of benzene rings is 1. The predicted octanol–water partition coefficient (Wildman–Crippen LogP) is 1.27. The molecule has 1 aromatic rings. The number of hydrogen-bond acceptors (Lipinski definition) is 3. The van der Waals surface area contributed by atoms with Crippen LogP contribution in [0.25, 0.3) is 0 Å². The van der Waals surface area contributed by atoms with Crippen LogP contribution in [0.4, 0.5) is 0 Å². The van der Waals surface area contributed by atoms with Gasteiger partial charge in [0.2, 0.25) is 5.91 Å². The van der Waals surface area contributed by atoms with Crippen molar-refractivity contribution in [1.29, 1.82) is 0 Å². The number of amides is 1. The normalized spacial score (nSPS) is 15.6. The molecule has 1 aromatic carbocycles. The van der Waals surface area contributed by atoms with Gasteiger partial charge in [-0.3, -0.25) is 9.00 Å². The van der Waals surface area contributed by atoms with Gasteiger partial charge in [0, 0.05) is 28.9 Å². The van der Waals surface area contributed by atoms with Gasteiger partial charge in [0.05, 0.1) is 0 Å². The highest BCUT2D eigenvalue weighted by atomic mass is 32.2. The average molecular weight is 282 g/mol. The molecule has 0 aromatic heterocycles. The zero-order valence-corrected chi connectivity index (χ0v) is 12.5. The number of carbonyl (C=O) groups is 1. The Labute approximate surface area is 117 Å². The minimum Gasteiger partial charge on any atom is -0.352 e. The van der Waals surface area contributed by atoms with Crippen LogP contribution in [0.1, 0.15) is 30.5 Å². The third-order valence-electron chi connectivity index (χ3n) is 2.95. The van der Waals surface area contributed by atoms with Crippen LogP contribution in [0.3, 0.4) is 0 Å². The van der Waals surface area contributed by atoms with Crippen molar-refractivity contribution < 1.29 is 9.00 Å². The van der Waals surface area contributed by atoms with Gasteiger partial charge in [-0.2, -0.15) is 0 Å². The molecule has 0 saturated carbocycles. The van der Waals surface area contributed by atoms with Crippen LogP contribution in [0.2, 0.25) is 0 Å². The van der Waals surface area contributed by atoms with E-state index in [-0.39, 0.29) is 11.9 Å². The van der Waals surface area contributed by atoms with Crippen LogP contribution in [0, 0.1) is 6.92 Å². The topological polar surface area (TPSA) is 72.2 Å². The van der Waals surface area contributed by atoms with E-state index in [4.69, 9.17) is 5.73 Å². The molecule has 0 spiro atoms. The number of rotatable bonds is 6. The van der Waals surface area contributed by atoms with Gasteiger partial charge >= 0.3 is 0 Å². The largest absolute Gasteiger partial charge is 0.352 e. The number of aryl methyl sites for hydroxylation is 1. The van der Waals surface area contributed by atoms with E-state index in [9.17, 15) is 9.00 Å². The zero-order valence-electron chi connectivity index (χ0n) is 11.7. The van der Waals surface area contributed by atoms with Crippen LogP contribution >= 0.6 is 0 Å². The summed E-state index contributed by atoms with van der Waals surface area (Å²) < 4.78 is 11.0. The van der Waals surface area contributed by atoms with Gasteiger partial charge in [0.15, 0.2) is 0 Å². The minimum atomic E-state index is -0.833. The van der Waals surface area contributed by atoms with Crippen molar-refractivity contribution in [2.24, 2.45) is 5.73 Å². The number of carbonyl (C=O) groups excluding carboxylic acids is 1. The minimum absolute atomic E-state index is 0.0205. The summed E-state index contributed by atoms with van der Waals surface area (Å²) in [5, 5.41) is 2.85. The van der Waals surface area contributed by atoms with E-state index in [0.29, 0.717) is 12.2 Å². The first-order valence-electron chi connectivity index (χ1n) is 6.32.